The highest BCUT2D eigenvalue weighted by atomic mass is 31.2. The summed E-state index contributed by atoms with van der Waals surface area (Å²) >= 11 is 0. The van der Waals surface area contributed by atoms with Crippen molar-refractivity contribution in [3.63, 3.8) is 0 Å². The largest absolute Gasteiger partial charge is 0.756 e. The molecule has 0 bridgehead atoms. The number of likely N-dealkylation sites (N-methyl/N-ethyl adjacent to an activating group) is 1. The highest BCUT2D eigenvalue weighted by molar-refractivity contribution is 7.45. The van der Waals surface area contributed by atoms with Crippen LogP contribution in [-0.2, 0) is 27.9 Å². The number of carbonyl (C=O) groups excluding carboxylic acids is 1. The number of unbranched alkanes of at least 4 members (excludes halogenated alkanes) is 19. The summed E-state index contributed by atoms with van der Waals surface area (Å²) in [7, 11) is 1.34. The van der Waals surface area contributed by atoms with Gasteiger partial charge in [-0.3, -0.25) is 9.36 Å². The van der Waals surface area contributed by atoms with Crippen molar-refractivity contribution in [2.24, 2.45) is 0 Å². The molecule has 0 saturated heterocycles. The van der Waals surface area contributed by atoms with Crippen LogP contribution in [0.2, 0.25) is 0 Å². The fourth-order valence-corrected chi connectivity index (χ4v) is 6.58. The molecule has 8 nitrogen and oxygen atoms in total. The molecular formula is C46H86NO7P. The number of carbonyl (C=O) groups is 1. The van der Waals surface area contributed by atoms with Gasteiger partial charge in [0, 0.05) is 13.0 Å². The molecule has 0 heterocycles. The van der Waals surface area contributed by atoms with E-state index >= 15 is 0 Å². The first-order chi connectivity index (χ1) is 26.6. The van der Waals surface area contributed by atoms with Crippen molar-refractivity contribution in [2.45, 2.75) is 187 Å². The van der Waals surface area contributed by atoms with E-state index in [9.17, 15) is 14.3 Å². The summed E-state index contributed by atoms with van der Waals surface area (Å²) in [5.74, 6) is -0.344. The van der Waals surface area contributed by atoms with Crippen molar-refractivity contribution < 1.29 is 37.3 Å². The number of hydrogen-bond donors (Lipinski definition) is 0. The monoisotopic (exact) mass is 796 g/mol. The molecule has 0 radical (unpaired) electrons. The molecule has 0 aliphatic heterocycles. The van der Waals surface area contributed by atoms with Crippen molar-refractivity contribution in [3.8, 4) is 0 Å². The molecule has 0 aromatic rings. The summed E-state index contributed by atoms with van der Waals surface area (Å²) in [5.41, 5.74) is 0. The average molecular weight is 796 g/mol. The average Bonchev–Trinajstić information content (AvgIpc) is 3.13. The van der Waals surface area contributed by atoms with E-state index in [1.807, 2.05) is 21.1 Å². The topological polar surface area (TPSA) is 94.1 Å². The predicted octanol–water partition coefficient (Wildman–Crippen LogP) is 12.5. The van der Waals surface area contributed by atoms with Crippen molar-refractivity contribution in [2.75, 3.05) is 54.1 Å². The van der Waals surface area contributed by atoms with E-state index in [2.05, 4.69) is 62.5 Å². The molecule has 0 aliphatic carbocycles. The molecule has 2 unspecified atom stereocenters. The number of quaternary nitrogens is 1. The van der Waals surface area contributed by atoms with Crippen molar-refractivity contribution in [1.82, 2.24) is 0 Å². The van der Waals surface area contributed by atoms with Gasteiger partial charge in [-0.1, -0.05) is 152 Å². The summed E-state index contributed by atoms with van der Waals surface area (Å²) in [6, 6.07) is 0. The van der Waals surface area contributed by atoms with Gasteiger partial charge in [-0.05, 0) is 70.6 Å². The molecule has 0 rings (SSSR count). The lowest BCUT2D eigenvalue weighted by Gasteiger charge is -2.28. The Labute approximate surface area is 339 Å². The number of nitrogens with zero attached hydrogens (tertiary/aromatic N) is 1. The Balaban J connectivity index is 4.23. The minimum absolute atomic E-state index is 0.0217. The van der Waals surface area contributed by atoms with Crippen LogP contribution in [0.1, 0.15) is 181 Å². The van der Waals surface area contributed by atoms with E-state index in [1.54, 1.807) is 0 Å². The molecule has 55 heavy (non-hydrogen) atoms. The maximum Gasteiger partial charge on any atom is 0.306 e. The van der Waals surface area contributed by atoms with E-state index in [4.69, 9.17) is 18.5 Å². The molecule has 0 saturated carbocycles. The first-order valence-electron chi connectivity index (χ1n) is 22.4. The maximum atomic E-state index is 12.7. The Kier molecular flexibility index (Phi) is 38.2. The van der Waals surface area contributed by atoms with Gasteiger partial charge in [-0.2, -0.15) is 0 Å². The zero-order valence-electron chi connectivity index (χ0n) is 36.4. The van der Waals surface area contributed by atoms with E-state index in [0.717, 1.165) is 64.2 Å². The summed E-state index contributed by atoms with van der Waals surface area (Å²) in [5, 5.41) is 0. The fourth-order valence-electron chi connectivity index (χ4n) is 5.85. The zero-order valence-corrected chi connectivity index (χ0v) is 37.3. The van der Waals surface area contributed by atoms with E-state index in [1.165, 1.54) is 96.3 Å². The predicted molar refractivity (Wildman–Crippen MR) is 231 cm³/mol. The van der Waals surface area contributed by atoms with Crippen LogP contribution in [0.25, 0.3) is 0 Å². The lowest BCUT2D eigenvalue weighted by molar-refractivity contribution is -0.870. The highest BCUT2D eigenvalue weighted by Crippen LogP contribution is 2.38. The summed E-state index contributed by atoms with van der Waals surface area (Å²) in [4.78, 5) is 25.1. The standard InChI is InChI=1S/C46H86NO7P/c1-6-8-10-12-14-16-18-20-22-23-24-25-26-27-29-31-33-35-37-39-46(48)54-45(44-53-55(49,50)52-42-40-47(3,4)5)43-51-41-38-36-34-32-30-28-21-19-17-15-13-11-9-7-2/h11,13-14,16-17,19-20,22,45H,6-10,12,15,18,21,23-44H2,1-5H3/b13-11-,16-14-,19-17-,22-20-. The first-order valence-corrected chi connectivity index (χ1v) is 23.8. The third-order valence-corrected chi connectivity index (χ3v) is 10.3. The Morgan fingerprint density at radius 2 is 1.04 bits per heavy atom. The van der Waals surface area contributed by atoms with E-state index < -0.39 is 13.9 Å². The number of phosphoric ester groups is 1. The van der Waals surface area contributed by atoms with Crippen LogP contribution < -0.4 is 4.89 Å². The normalized spacial score (nSPS) is 14.2. The molecule has 0 amide bonds. The second-order valence-electron chi connectivity index (χ2n) is 16.0. The van der Waals surface area contributed by atoms with Crippen molar-refractivity contribution in [3.05, 3.63) is 48.6 Å². The molecule has 0 aromatic carbocycles. The van der Waals surface area contributed by atoms with Crippen LogP contribution in [0.15, 0.2) is 48.6 Å². The third kappa shape index (κ3) is 43.4. The smallest absolute Gasteiger partial charge is 0.306 e. The Hall–Kier alpha value is -1.54. The summed E-state index contributed by atoms with van der Waals surface area (Å²) in [6.45, 7) is 5.29. The van der Waals surface area contributed by atoms with Crippen LogP contribution in [0.5, 0.6) is 0 Å². The number of esters is 1. The van der Waals surface area contributed by atoms with Crippen LogP contribution in [-0.4, -0.2) is 70.7 Å². The van der Waals surface area contributed by atoms with E-state index in [0.29, 0.717) is 24.1 Å². The van der Waals surface area contributed by atoms with Gasteiger partial charge in [0.25, 0.3) is 7.82 Å². The minimum atomic E-state index is -4.53. The lowest BCUT2D eigenvalue weighted by Crippen LogP contribution is -2.37. The summed E-state index contributed by atoms with van der Waals surface area (Å²) < 4.78 is 34.6. The number of phosphoric acid groups is 1. The van der Waals surface area contributed by atoms with Gasteiger partial charge < -0.3 is 27.9 Å². The zero-order chi connectivity index (χ0) is 40.6. The van der Waals surface area contributed by atoms with Gasteiger partial charge in [-0.25, -0.2) is 0 Å². The number of ether oxygens (including phenoxy) is 2. The van der Waals surface area contributed by atoms with Gasteiger partial charge in [-0.15, -0.1) is 0 Å². The quantitative estimate of drug-likeness (QED) is 0.0200. The molecule has 0 fully saturated rings. The van der Waals surface area contributed by atoms with Crippen LogP contribution in [0, 0.1) is 0 Å². The fraction of sp³-hybridized carbons (Fsp3) is 0.804. The Morgan fingerprint density at radius 3 is 1.55 bits per heavy atom. The number of rotatable bonds is 41. The third-order valence-electron chi connectivity index (χ3n) is 9.33. The lowest BCUT2D eigenvalue weighted by atomic mass is 10.1. The van der Waals surface area contributed by atoms with Crippen LogP contribution >= 0.6 is 7.82 Å². The van der Waals surface area contributed by atoms with Gasteiger partial charge >= 0.3 is 5.97 Å². The molecule has 0 N–H and O–H groups in total. The first kappa shape index (κ1) is 53.5. The Bertz CT molecular complexity index is 1020. The van der Waals surface area contributed by atoms with Gasteiger partial charge in [0.2, 0.25) is 0 Å². The molecule has 0 spiro atoms. The second kappa shape index (κ2) is 39.3. The number of hydrogen-bond acceptors (Lipinski definition) is 7. The van der Waals surface area contributed by atoms with Crippen LogP contribution in [0.3, 0.4) is 0 Å². The SMILES string of the molecule is CCC/C=C\C/C=C\CCCCCCCCOCC(COP(=O)([O-])OCC[N+](C)(C)C)OC(=O)CCCCCCCCCCC/C=C\C/C=C\CCCCC. The minimum Gasteiger partial charge on any atom is -0.756 e. The van der Waals surface area contributed by atoms with Gasteiger partial charge in [0.15, 0.2) is 0 Å². The molecule has 2 atom stereocenters. The van der Waals surface area contributed by atoms with Crippen LogP contribution in [0.4, 0.5) is 0 Å². The molecular weight excluding hydrogens is 709 g/mol. The summed E-state index contributed by atoms with van der Waals surface area (Å²) in [6.07, 6.45) is 46.9. The number of allylic oxidation sites excluding steroid dienone is 8. The van der Waals surface area contributed by atoms with Crippen molar-refractivity contribution >= 4 is 13.8 Å². The van der Waals surface area contributed by atoms with Crippen molar-refractivity contribution in [1.29, 1.82) is 0 Å². The maximum absolute atomic E-state index is 12.7. The molecule has 0 aromatic heterocycles. The van der Waals surface area contributed by atoms with E-state index in [-0.39, 0.29) is 25.8 Å². The second-order valence-corrected chi connectivity index (χ2v) is 17.5. The Morgan fingerprint density at radius 1 is 0.564 bits per heavy atom. The molecule has 0 aliphatic rings. The van der Waals surface area contributed by atoms with Gasteiger partial charge in [0.1, 0.15) is 19.3 Å². The molecule has 9 heteroatoms. The molecule has 322 valence electrons. The van der Waals surface area contributed by atoms with Gasteiger partial charge in [0.05, 0.1) is 34.4 Å². The highest BCUT2D eigenvalue weighted by Gasteiger charge is 2.20.